The van der Waals surface area contributed by atoms with Crippen molar-refractivity contribution in [1.82, 2.24) is 14.8 Å². The molecule has 3 aromatic rings. The molecule has 0 saturated carbocycles. The SMILES string of the molecule is COc1ccc2nc(-c3cnn(C)c3N)oc2c1. The number of nitrogens with two attached hydrogens (primary N) is 1. The minimum Gasteiger partial charge on any atom is -0.497 e. The summed E-state index contributed by atoms with van der Waals surface area (Å²) in [5.74, 6) is 1.71. The average molecular weight is 244 g/mol. The number of aromatic nitrogens is 3. The van der Waals surface area contributed by atoms with Gasteiger partial charge >= 0.3 is 0 Å². The molecule has 0 fully saturated rings. The third-order valence-corrected chi connectivity index (χ3v) is 2.81. The predicted molar refractivity (Wildman–Crippen MR) is 67.2 cm³/mol. The van der Waals surface area contributed by atoms with E-state index in [0.29, 0.717) is 22.9 Å². The molecule has 2 N–H and O–H groups in total. The Morgan fingerprint density at radius 1 is 1.39 bits per heavy atom. The fourth-order valence-corrected chi connectivity index (χ4v) is 1.76. The molecule has 0 radical (unpaired) electrons. The van der Waals surface area contributed by atoms with Crippen LogP contribution < -0.4 is 10.5 Å². The molecule has 0 unspecified atom stereocenters. The molecular weight excluding hydrogens is 232 g/mol. The number of oxazole rings is 1. The number of methoxy groups -OCH3 is 1. The van der Waals surface area contributed by atoms with Gasteiger partial charge in [-0.05, 0) is 12.1 Å². The van der Waals surface area contributed by atoms with Crippen LogP contribution in [0.5, 0.6) is 5.75 Å². The van der Waals surface area contributed by atoms with Crippen molar-refractivity contribution in [2.75, 3.05) is 12.8 Å². The molecule has 6 heteroatoms. The number of hydrogen-bond donors (Lipinski definition) is 1. The third kappa shape index (κ3) is 1.50. The van der Waals surface area contributed by atoms with Gasteiger partial charge in [0.05, 0.1) is 18.9 Å². The number of anilines is 1. The van der Waals surface area contributed by atoms with Crippen molar-refractivity contribution in [3.63, 3.8) is 0 Å². The average Bonchev–Trinajstić information content (AvgIpc) is 2.93. The smallest absolute Gasteiger partial charge is 0.232 e. The van der Waals surface area contributed by atoms with E-state index in [2.05, 4.69) is 10.1 Å². The van der Waals surface area contributed by atoms with Crippen molar-refractivity contribution in [2.45, 2.75) is 0 Å². The van der Waals surface area contributed by atoms with E-state index in [1.165, 1.54) is 0 Å². The highest BCUT2D eigenvalue weighted by Crippen LogP contribution is 2.29. The first kappa shape index (κ1) is 10.6. The Balaban J connectivity index is 2.16. The van der Waals surface area contributed by atoms with Gasteiger partial charge in [-0.1, -0.05) is 0 Å². The van der Waals surface area contributed by atoms with E-state index in [1.54, 1.807) is 31.1 Å². The van der Waals surface area contributed by atoms with Crippen LogP contribution in [0.2, 0.25) is 0 Å². The maximum Gasteiger partial charge on any atom is 0.232 e. The lowest BCUT2D eigenvalue weighted by atomic mass is 10.3. The van der Waals surface area contributed by atoms with E-state index < -0.39 is 0 Å². The van der Waals surface area contributed by atoms with Gasteiger partial charge in [0.15, 0.2) is 5.58 Å². The summed E-state index contributed by atoms with van der Waals surface area (Å²) in [6.07, 6.45) is 1.64. The summed E-state index contributed by atoms with van der Waals surface area (Å²) in [7, 11) is 3.38. The summed E-state index contributed by atoms with van der Waals surface area (Å²) in [5.41, 5.74) is 7.99. The van der Waals surface area contributed by atoms with Crippen molar-refractivity contribution in [1.29, 1.82) is 0 Å². The van der Waals surface area contributed by atoms with Gasteiger partial charge in [0.1, 0.15) is 17.1 Å². The molecule has 0 aliphatic carbocycles. The van der Waals surface area contributed by atoms with Gasteiger partial charge < -0.3 is 14.9 Å². The zero-order valence-electron chi connectivity index (χ0n) is 10.0. The Hall–Kier alpha value is -2.50. The lowest BCUT2D eigenvalue weighted by Crippen LogP contribution is -1.97. The normalized spacial score (nSPS) is 11.0. The molecule has 18 heavy (non-hydrogen) atoms. The standard InChI is InChI=1S/C12H12N4O2/c1-16-11(13)8(6-14-16)12-15-9-4-3-7(17-2)5-10(9)18-12/h3-6H,13H2,1-2H3. The van der Waals surface area contributed by atoms with E-state index in [-0.39, 0.29) is 0 Å². The number of nitrogens with zero attached hydrogens (tertiary/aromatic N) is 3. The Morgan fingerprint density at radius 2 is 2.22 bits per heavy atom. The molecule has 92 valence electrons. The molecule has 0 aliphatic rings. The molecule has 0 atom stereocenters. The van der Waals surface area contributed by atoms with Gasteiger partial charge in [0.2, 0.25) is 5.89 Å². The van der Waals surface area contributed by atoms with Gasteiger partial charge in [-0.2, -0.15) is 5.10 Å². The van der Waals surface area contributed by atoms with Crippen molar-refractivity contribution in [3.8, 4) is 17.2 Å². The highest BCUT2D eigenvalue weighted by molar-refractivity contribution is 5.79. The number of ether oxygens (including phenoxy) is 1. The molecule has 0 aliphatic heterocycles. The Morgan fingerprint density at radius 3 is 2.89 bits per heavy atom. The zero-order chi connectivity index (χ0) is 12.7. The Labute approximate surface area is 103 Å². The highest BCUT2D eigenvalue weighted by Gasteiger charge is 2.14. The Kier molecular flexibility index (Phi) is 2.22. The second-order valence-corrected chi connectivity index (χ2v) is 3.92. The molecular formula is C12H12N4O2. The lowest BCUT2D eigenvalue weighted by molar-refractivity contribution is 0.414. The largest absolute Gasteiger partial charge is 0.497 e. The van der Waals surface area contributed by atoms with E-state index in [9.17, 15) is 0 Å². The number of aryl methyl sites for hydroxylation is 1. The summed E-state index contributed by atoms with van der Waals surface area (Å²) in [6, 6.07) is 5.47. The van der Waals surface area contributed by atoms with Crippen molar-refractivity contribution < 1.29 is 9.15 Å². The van der Waals surface area contributed by atoms with Crippen molar-refractivity contribution in [3.05, 3.63) is 24.4 Å². The van der Waals surface area contributed by atoms with Crippen LogP contribution in [0.25, 0.3) is 22.6 Å². The fraction of sp³-hybridized carbons (Fsp3) is 0.167. The van der Waals surface area contributed by atoms with Gasteiger partial charge in [0.25, 0.3) is 0 Å². The summed E-state index contributed by atoms with van der Waals surface area (Å²) < 4.78 is 12.4. The molecule has 2 aromatic heterocycles. The monoisotopic (exact) mass is 244 g/mol. The van der Waals surface area contributed by atoms with Crippen LogP contribution in [-0.4, -0.2) is 21.9 Å². The van der Waals surface area contributed by atoms with Crippen molar-refractivity contribution >= 4 is 16.9 Å². The van der Waals surface area contributed by atoms with E-state index in [4.69, 9.17) is 14.9 Å². The van der Waals surface area contributed by atoms with Crippen LogP contribution in [0.4, 0.5) is 5.82 Å². The maximum atomic E-state index is 5.89. The minimum absolute atomic E-state index is 0.462. The number of fused-ring (bicyclic) bond motifs is 1. The highest BCUT2D eigenvalue weighted by atomic mass is 16.5. The summed E-state index contributed by atoms with van der Waals surface area (Å²) >= 11 is 0. The number of rotatable bonds is 2. The minimum atomic E-state index is 0.462. The molecule has 0 saturated heterocycles. The number of hydrogen-bond acceptors (Lipinski definition) is 5. The van der Waals surface area contributed by atoms with E-state index in [1.807, 2.05) is 12.1 Å². The topological polar surface area (TPSA) is 79.1 Å². The number of nitrogen functional groups attached to an aromatic ring is 1. The van der Waals surface area contributed by atoms with Crippen LogP contribution in [0.1, 0.15) is 0 Å². The first-order valence-electron chi connectivity index (χ1n) is 5.41. The summed E-state index contributed by atoms with van der Waals surface area (Å²) in [5, 5.41) is 4.06. The van der Waals surface area contributed by atoms with Gasteiger partial charge in [-0.15, -0.1) is 0 Å². The Bertz CT molecular complexity index is 714. The number of benzene rings is 1. The van der Waals surface area contributed by atoms with Crippen LogP contribution in [0.3, 0.4) is 0 Å². The van der Waals surface area contributed by atoms with Crippen LogP contribution in [0.15, 0.2) is 28.8 Å². The van der Waals surface area contributed by atoms with Crippen LogP contribution in [-0.2, 0) is 7.05 Å². The van der Waals surface area contributed by atoms with Crippen molar-refractivity contribution in [2.24, 2.45) is 7.05 Å². The second-order valence-electron chi connectivity index (χ2n) is 3.92. The molecule has 2 heterocycles. The maximum absolute atomic E-state index is 5.89. The first-order chi connectivity index (χ1) is 8.69. The van der Waals surface area contributed by atoms with Crippen LogP contribution >= 0.6 is 0 Å². The van der Waals surface area contributed by atoms with Gasteiger partial charge in [0, 0.05) is 13.1 Å². The van der Waals surface area contributed by atoms with Crippen LogP contribution in [0, 0.1) is 0 Å². The summed E-state index contributed by atoms with van der Waals surface area (Å²) in [4.78, 5) is 4.38. The molecule has 0 spiro atoms. The predicted octanol–water partition coefficient (Wildman–Crippen LogP) is 1.82. The van der Waals surface area contributed by atoms with E-state index >= 15 is 0 Å². The molecule has 6 nitrogen and oxygen atoms in total. The van der Waals surface area contributed by atoms with E-state index in [0.717, 1.165) is 11.3 Å². The zero-order valence-corrected chi connectivity index (χ0v) is 10.0. The van der Waals surface area contributed by atoms with Gasteiger partial charge in [-0.3, -0.25) is 4.68 Å². The lowest BCUT2D eigenvalue weighted by Gasteiger charge is -1.96. The molecule has 1 aromatic carbocycles. The summed E-state index contributed by atoms with van der Waals surface area (Å²) in [6.45, 7) is 0. The molecule has 3 rings (SSSR count). The van der Waals surface area contributed by atoms with Gasteiger partial charge in [-0.25, -0.2) is 4.98 Å². The second kappa shape index (κ2) is 3.76. The molecule has 0 amide bonds. The third-order valence-electron chi connectivity index (χ3n) is 2.81. The fourth-order valence-electron chi connectivity index (χ4n) is 1.76. The first-order valence-corrected chi connectivity index (χ1v) is 5.41. The molecule has 0 bridgehead atoms. The quantitative estimate of drug-likeness (QED) is 0.743.